The highest BCUT2D eigenvalue weighted by atomic mass is 79.9. The van der Waals surface area contributed by atoms with Gasteiger partial charge >= 0.3 is 0 Å². The lowest BCUT2D eigenvalue weighted by Gasteiger charge is -2.32. The van der Waals surface area contributed by atoms with Crippen LogP contribution in [-0.2, 0) is 6.54 Å². The van der Waals surface area contributed by atoms with Crippen molar-refractivity contribution in [3.63, 3.8) is 0 Å². The van der Waals surface area contributed by atoms with E-state index in [0.29, 0.717) is 0 Å². The SMILES string of the molecule is CCC1CCCN(Cc2ccc(Br)cc2F)C1. The Balaban J connectivity index is 2.00. The first-order valence-corrected chi connectivity index (χ1v) is 7.14. The van der Waals surface area contributed by atoms with Crippen molar-refractivity contribution in [1.29, 1.82) is 0 Å². The lowest BCUT2D eigenvalue weighted by Crippen LogP contribution is -2.34. The molecule has 0 radical (unpaired) electrons. The van der Waals surface area contributed by atoms with Crippen LogP contribution >= 0.6 is 15.9 Å². The van der Waals surface area contributed by atoms with Crippen LogP contribution in [0.25, 0.3) is 0 Å². The molecule has 1 aliphatic heterocycles. The molecule has 1 aromatic carbocycles. The van der Waals surface area contributed by atoms with E-state index in [1.165, 1.54) is 19.3 Å². The molecule has 1 saturated heterocycles. The van der Waals surface area contributed by atoms with Crippen molar-refractivity contribution >= 4 is 15.9 Å². The Hall–Kier alpha value is -0.410. The van der Waals surface area contributed by atoms with Crippen molar-refractivity contribution in [2.24, 2.45) is 5.92 Å². The van der Waals surface area contributed by atoms with E-state index in [4.69, 9.17) is 0 Å². The molecule has 1 fully saturated rings. The Labute approximate surface area is 111 Å². The van der Waals surface area contributed by atoms with Crippen molar-refractivity contribution in [2.45, 2.75) is 32.7 Å². The monoisotopic (exact) mass is 299 g/mol. The largest absolute Gasteiger partial charge is 0.299 e. The molecule has 2 rings (SSSR count). The maximum Gasteiger partial charge on any atom is 0.128 e. The van der Waals surface area contributed by atoms with E-state index in [2.05, 4.69) is 27.8 Å². The summed E-state index contributed by atoms with van der Waals surface area (Å²) in [5.74, 6) is 0.695. The Morgan fingerprint density at radius 3 is 3.00 bits per heavy atom. The fourth-order valence-electron chi connectivity index (χ4n) is 2.52. The molecule has 3 heteroatoms. The third-order valence-corrected chi connectivity index (χ3v) is 4.08. The Morgan fingerprint density at radius 2 is 2.29 bits per heavy atom. The molecule has 0 aromatic heterocycles. The second-order valence-corrected chi connectivity index (χ2v) is 5.80. The summed E-state index contributed by atoms with van der Waals surface area (Å²) in [5, 5.41) is 0. The highest BCUT2D eigenvalue weighted by Crippen LogP contribution is 2.22. The van der Waals surface area contributed by atoms with E-state index in [9.17, 15) is 4.39 Å². The molecule has 17 heavy (non-hydrogen) atoms. The lowest BCUT2D eigenvalue weighted by atomic mass is 9.95. The van der Waals surface area contributed by atoms with Crippen LogP contribution in [0.2, 0.25) is 0 Å². The van der Waals surface area contributed by atoms with Crippen LogP contribution in [0.1, 0.15) is 31.7 Å². The quantitative estimate of drug-likeness (QED) is 0.808. The third kappa shape index (κ3) is 3.52. The number of nitrogens with zero attached hydrogens (tertiary/aromatic N) is 1. The zero-order chi connectivity index (χ0) is 12.3. The molecule has 0 N–H and O–H groups in total. The summed E-state index contributed by atoms with van der Waals surface area (Å²) in [6.07, 6.45) is 3.81. The summed E-state index contributed by atoms with van der Waals surface area (Å²) in [4.78, 5) is 2.38. The van der Waals surface area contributed by atoms with Gasteiger partial charge in [0.05, 0.1) is 0 Å². The molecule has 0 aliphatic carbocycles. The summed E-state index contributed by atoms with van der Waals surface area (Å²) < 4.78 is 14.5. The lowest BCUT2D eigenvalue weighted by molar-refractivity contribution is 0.163. The fraction of sp³-hybridized carbons (Fsp3) is 0.571. The van der Waals surface area contributed by atoms with Gasteiger partial charge in [0.25, 0.3) is 0 Å². The number of hydrogen-bond acceptors (Lipinski definition) is 1. The third-order valence-electron chi connectivity index (χ3n) is 3.59. The maximum absolute atomic E-state index is 13.7. The molecule has 0 bridgehead atoms. The van der Waals surface area contributed by atoms with Gasteiger partial charge in [0.1, 0.15) is 5.82 Å². The van der Waals surface area contributed by atoms with Gasteiger partial charge in [0.15, 0.2) is 0 Å². The van der Waals surface area contributed by atoms with E-state index in [1.54, 1.807) is 6.07 Å². The van der Waals surface area contributed by atoms with Gasteiger partial charge in [0, 0.05) is 23.1 Å². The highest BCUT2D eigenvalue weighted by Gasteiger charge is 2.19. The Bertz CT molecular complexity index is 380. The maximum atomic E-state index is 13.7. The minimum atomic E-state index is -0.0991. The number of halogens is 2. The summed E-state index contributed by atoms with van der Waals surface area (Å²) in [6, 6.07) is 5.35. The molecule has 1 aromatic rings. The van der Waals surface area contributed by atoms with Crippen molar-refractivity contribution < 1.29 is 4.39 Å². The van der Waals surface area contributed by atoms with E-state index in [-0.39, 0.29) is 5.82 Å². The van der Waals surface area contributed by atoms with E-state index < -0.39 is 0 Å². The molecule has 94 valence electrons. The number of rotatable bonds is 3. The highest BCUT2D eigenvalue weighted by molar-refractivity contribution is 9.10. The van der Waals surface area contributed by atoms with Crippen LogP contribution in [0.3, 0.4) is 0 Å². The number of hydrogen-bond donors (Lipinski definition) is 0. The average molecular weight is 300 g/mol. The zero-order valence-electron chi connectivity index (χ0n) is 10.3. The normalized spacial score (nSPS) is 21.7. The molecule has 0 amide bonds. The molecule has 0 spiro atoms. The van der Waals surface area contributed by atoms with Crippen molar-refractivity contribution in [1.82, 2.24) is 4.90 Å². The van der Waals surface area contributed by atoms with Crippen LogP contribution in [0, 0.1) is 11.7 Å². The summed E-state index contributed by atoms with van der Waals surface area (Å²) in [6.45, 7) is 5.21. The van der Waals surface area contributed by atoms with Crippen LogP contribution < -0.4 is 0 Å². The van der Waals surface area contributed by atoms with Gasteiger partial charge in [-0.1, -0.05) is 35.3 Å². The first-order valence-electron chi connectivity index (χ1n) is 6.35. The first-order chi connectivity index (χ1) is 8.19. The second-order valence-electron chi connectivity index (χ2n) is 4.89. The van der Waals surface area contributed by atoms with Gasteiger partial charge in [-0.3, -0.25) is 4.90 Å². The van der Waals surface area contributed by atoms with Crippen LogP contribution in [0.15, 0.2) is 22.7 Å². The van der Waals surface area contributed by atoms with E-state index in [0.717, 1.165) is 35.6 Å². The minimum absolute atomic E-state index is 0.0991. The fourth-order valence-corrected chi connectivity index (χ4v) is 2.85. The molecular weight excluding hydrogens is 281 g/mol. The summed E-state index contributed by atoms with van der Waals surface area (Å²) in [5.41, 5.74) is 0.810. The second kappa shape index (κ2) is 5.96. The van der Waals surface area contributed by atoms with Gasteiger partial charge in [0.2, 0.25) is 0 Å². The zero-order valence-corrected chi connectivity index (χ0v) is 11.8. The Kier molecular flexibility index (Phi) is 4.57. The number of benzene rings is 1. The number of piperidine rings is 1. The van der Waals surface area contributed by atoms with E-state index in [1.807, 2.05) is 12.1 Å². The van der Waals surface area contributed by atoms with Crippen LogP contribution in [-0.4, -0.2) is 18.0 Å². The predicted molar refractivity (Wildman–Crippen MR) is 72.4 cm³/mol. The molecule has 1 nitrogen and oxygen atoms in total. The molecule has 1 heterocycles. The van der Waals surface area contributed by atoms with Crippen LogP contribution in [0.5, 0.6) is 0 Å². The summed E-state index contributed by atoms with van der Waals surface area (Å²) >= 11 is 3.29. The van der Waals surface area contributed by atoms with Crippen molar-refractivity contribution in [2.75, 3.05) is 13.1 Å². The average Bonchev–Trinajstić information content (AvgIpc) is 2.33. The van der Waals surface area contributed by atoms with Gasteiger partial charge in [-0.15, -0.1) is 0 Å². The number of likely N-dealkylation sites (tertiary alicyclic amines) is 1. The van der Waals surface area contributed by atoms with E-state index >= 15 is 0 Å². The topological polar surface area (TPSA) is 3.24 Å². The standard InChI is InChI=1S/C14H19BrFN/c1-2-11-4-3-7-17(9-11)10-12-5-6-13(15)8-14(12)16/h5-6,8,11H,2-4,7,9-10H2,1H3. The van der Waals surface area contributed by atoms with Gasteiger partial charge < -0.3 is 0 Å². The van der Waals surface area contributed by atoms with Crippen molar-refractivity contribution in [3.8, 4) is 0 Å². The molecule has 1 atom stereocenters. The molecular formula is C14H19BrFN. The first kappa shape index (κ1) is 13.0. The van der Waals surface area contributed by atoms with Crippen molar-refractivity contribution in [3.05, 3.63) is 34.1 Å². The molecule has 0 saturated carbocycles. The Morgan fingerprint density at radius 1 is 1.47 bits per heavy atom. The molecule has 1 aliphatic rings. The van der Waals surface area contributed by atoms with Gasteiger partial charge in [-0.25, -0.2) is 4.39 Å². The summed E-state index contributed by atoms with van der Waals surface area (Å²) in [7, 11) is 0. The van der Waals surface area contributed by atoms with Gasteiger partial charge in [-0.05, 0) is 37.4 Å². The predicted octanol–water partition coefficient (Wildman–Crippen LogP) is 4.21. The van der Waals surface area contributed by atoms with Gasteiger partial charge in [-0.2, -0.15) is 0 Å². The minimum Gasteiger partial charge on any atom is -0.299 e. The van der Waals surface area contributed by atoms with Crippen LogP contribution in [0.4, 0.5) is 4.39 Å². The smallest absolute Gasteiger partial charge is 0.128 e. The molecule has 1 unspecified atom stereocenters.